The highest BCUT2D eigenvalue weighted by atomic mass is 35.5. The second kappa shape index (κ2) is 6.33. The highest BCUT2D eigenvalue weighted by molar-refractivity contribution is 7.98. The van der Waals surface area contributed by atoms with E-state index < -0.39 is 6.10 Å². The van der Waals surface area contributed by atoms with Crippen molar-refractivity contribution >= 4 is 23.4 Å². The highest BCUT2D eigenvalue weighted by Crippen LogP contribution is 2.35. The summed E-state index contributed by atoms with van der Waals surface area (Å²) in [4.78, 5) is 1.05. The van der Waals surface area contributed by atoms with Gasteiger partial charge in [0, 0.05) is 4.90 Å². The standard InChI is InChI=1S/C15H15ClO2S/c1-10(17)11-7-8-13(12(16)9-11)18-14-5-3-4-6-15(14)19-2/h3-10,17H,1-2H3/t10-/m0/s1. The lowest BCUT2D eigenvalue weighted by atomic mass is 10.1. The molecular formula is C15H15ClO2S. The third kappa shape index (κ3) is 3.44. The minimum atomic E-state index is -0.537. The monoisotopic (exact) mass is 294 g/mol. The molecule has 0 heterocycles. The van der Waals surface area contributed by atoms with Crippen molar-refractivity contribution in [3.63, 3.8) is 0 Å². The van der Waals surface area contributed by atoms with Crippen LogP contribution in [0.15, 0.2) is 47.4 Å². The molecule has 1 atom stereocenters. The van der Waals surface area contributed by atoms with Crippen molar-refractivity contribution in [2.24, 2.45) is 0 Å². The average Bonchev–Trinajstić information content (AvgIpc) is 2.41. The molecule has 2 rings (SSSR count). The van der Waals surface area contributed by atoms with Crippen LogP contribution < -0.4 is 4.74 Å². The maximum absolute atomic E-state index is 9.51. The zero-order valence-corrected chi connectivity index (χ0v) is 12.3. The van der Waals surface area contributed by atoms with Crippen LogP contribution in [0.4, 0.5) is 0 Å². The van der Waals surface area contributed by atoms with Gasteiger partial charge in [-0.25, -0.2) is 0 Å². The van der Waals surface area contributed by atoms with Crippen molar-refractivity contribution < 1.29 is 9.84 Å². The van der Waals surface area contributed by atoms with Crippen molar-refractivity contribution in [3.8, 4) is 11.5 Å². The number of rotatable bonds is 4. The molecule has 0 bridgehead atoms. The maximum atomic E-state index is 9.51. The molecule has 0 fully saturated rings. The molecule has 19 heavy (non-hydrogen) atoms. The topological polar surface area (TPSA) is 29.5 Å². The molecule has 0 saturated carbocycles. The van der Waals surface area contributed by atoms with Crippen LogP contribution in [0.5, 0.6) is 11.5 Å². The summed E-state index contributed by atoms with van der Waals surface area (Å²) in [6, 6.07) is 13.1. The Balaban J connectivity index is 2.28. The first-order valence-corrected chi connectivity index (χ1v) is 7.50. The summed E-state index contributed by atoms with van der Waals surface area (Å²) >= 11 is 7.80. The first kappa shape index (κ1) is 14.3. The molecule has 2 nitrogen and oxygen atoms in total. The van der Waals surface area contributed by atoms with E-state index >= 15 is 0 Å². The fourth-order valence-corrected chi connectivity index (χ4v) is 2.43. The third-order valence-electron chi connectivity index (χ3n) is 2.73. The van der Waals surface area contributed by atoms with Crippen molar-refractivity contribution in [2.75, 3.05) is 6.26 Å². The number of benzene rings is 2. The molecule has 100 valence electrons. The molecule has 0 unspecified atom stereocenters. The van der Waals surface area contributed by atoms with Gasteiger partial charge in [0.15, 0.2) is 0 Å². The summed E-state index contributed by atoms with van der Waals surface area (Å²) in [5.74, 6) is 1.37. The normalized spacial score (nSPS) is 12.2. The molecule has 0 radical (unpaired) electrons. The Hall–Kier alpha value is -1.16. The van der Waals surface area contributed by atoms with Gasteiger partial charge < -0.3 is 9.84 Å². The minimum Gasteiger partial charge on any atom is -0.455 e. The van der Waals surface area contributed by atoms with E-state index in [0.29, 0.717) is 10.8 Å². The number of thioether (sulfide) groups is 1. The van der Waals surface area contributed by atoms with Crippen molar-refractivity contribution in [1.82, 2.24) is 0 Å². The molecule has 0 saturated heterocycles. The Morgan fingerprint density at radius 2 is 1.89 bits per heavy atom. The number of hydrogen-bond acceptors (Lipinski definition) is 3. The fourth-order valence-electron chi connectivity index (χ4n) is 1.68. The lowest BCUT2D eigenvalue weighted by Crippen LogP contribution is -1.92. The summed E-state index contributed by atoms with van der Waals surface area (Å²) in [6.07, 6.45) is 1.46. The van der Waals surface area contributed by atoms with Gasteiger partial charge in [-0.15, -0.1) is 11.8 Å². The predicted molar refractivity (Wildman–Crippen MR) is 80.4 cm³/mol. The molecule has 0 spiro atoms. The average molecular weight is 295 g/mol. The second-order valence-corrected chi connectivity index (χ2v) is 5.37. The Morgan fingerprint density at radius 3 is 2.53 bits per heavy atom. The number of hydrogen-bond donors (Lipinski definition) is 1. The smallest absolute Gasteiger partial charge is 0.146 e. The Morgan fingerprint density at radius 1 is 1.16 bits per heavy atom. The Kier molecular flexibility index (Phi) is 4.75. The molecule has 1 N–H and O–H groups in total. The Bertz CT molecular complexity index is 570. The lowest BCUT2D eigenvalue weighted by molar-refractivity contribution is 0.199. The molecule has 2 aromatic carbocycles. The maximum Gasteiger partial charge on any atom is 0.146 e. The van der Waals surface area contributed by atoms with E-state index in [0.717, 1.165) is 16.2 Å². The number of ether oxygens (including phenoxy) is 1. The zero-order valence-electron chi connectivity index (χ0n) is 10.8. The van der Waals surface area contributed by atoms with Crippen molar-refractivity contribution in [1.29, 1.82) is 0 Å². The summed E-state index contributed by atoms with van der Waals surface area (Å²) in [6.45, 7) is 1.70. The van der Waals surface area contributed by atoms with Crippen LogP contribution in [-0.4, -0.2) is 11.4 Å². The molecule has 2 aromatic rings. The molecular weight excluding hydrogens is 280 g/mol. The summed E-state index contributed by atoms with van der Waals surface area (Å²) in [7, 11) is 0. The number of para-hydroxylation sites is 1. The van der Waals surface area contributed by atoms with Crippen LogP contribution in [0.25, 0.3) is 0 Å². The van der Waals surface area contributed by atoms with Crippen LogP contribution in [0.2, 0.25) is 5.02 Å². The van der Waals surface area contributed by atoms with Crippen LogP contribution >= 0.6 is 23.4 Å². The molecule has 0 aromatic heterocycles. The fraction of sp³-hybridized carbons (Fsp3) is 0.200. The highest BCUT2D eigenvalue weighted by Gasteiger charge is 2.09. The molecule has 0 aliphatic heterocycles. The first-order valence-electron chi connectivity index (χ1n) is 5.90. The van der Waals surface area contributed by atoms with Crippen LogP contribution in [0.3, 0.4) is 0 Å². The summed E-state index contributed by atoms with van der Waals surface area (Å²) in [5.41, 5.74) is 0.774. The number of aliphatic hydroxyl groups is 1. The third-order valence-corrected chi connectivity index (χ3v) is 3.80. The SMILES string of the molecule is CSc1ccccc1Oc1ccc([C@H](C)O)cc1Cl. The quantitative estimate of drug-likeness (QED) is 0.813. The van der Waals surface area contributed by atoms with Gasteiger partial charge in [-0.2, -0.15) is 0 Å². The van der Waals surface area contributed by atoms with Gasteiger partial charge in [0.25, 0.3) is 0 Å². The number of aliphatic hydroxyl groups excluding tert-OH is 1. The van der Waals surface area contributed by atoms with E-state index in [4.69, 9.17) is 16.3 Å². The van der Waals surface area contributed by atoms with E-state index in [-0.39, 0.29) is 0 Å². The molecule has 0 amide bonds. The largest absolute Gasteiger partial charge is 0.455 e. The van der Waals surface area contributed by atoms with Gasteiger partial charge in [0.1, 0.15) is 11.5 Å². The number of halogens is 1. The van der Waals surface area contributed by atoms with E-state index in [9.17, 15) is 5.11 Å². The zero-order chi connectivity index (χ0) is 13.8. The van der Waals surface area contributed by atoms with Gasteiger partial charge >= 0.3 is 0 Å². The van der Waals surface area contributed by atoms with Gasteiger partial charge in [-0.1, -0.05) is 29.8 Å². The van der Waals surface area contributed by atoms with E-state index in [1.165, 1.54) is 0 Å². The van der Waals surface area contributed by atoms with Gasteiger partial charge in [-0.05, 0) is 43.0 Å². The molecule has 0 aliphatic rings. The summed E-state index contributed by atoms with van der Waals surface area (Å²) < 4.78 is 5.83. The van der Waals surface area contributed by atoms with Gasteiger partial charge in [0.2, 0.25) is 0 Å². The van der Waals surface area contributed by atoms with Crippen LogP contribution in [0.1, 0.15) is 18.6 Å². The van der Waals surface area contributed by atoms with E-state index in [2.05, 4.69) is 0 Å². The van der Waals surface area contributed by atoms with Crippen LogP contribution in [0, 0.1) is 0 Å². The van der Waals surface area contributed by atoms with Gasteiger partial charge in [0.05, 0.1) is 11.1 Å². The van der Waals surface area contributed by atoms with Crippen LogP contribution in [-0.2, 0) is 0 Å². The van der Waals surface area contributed by atoms with Crippen molar-refractivity contribution in [2.45, 2.75) is 17.9 Å². The van der Waals surface area contributed by atoms with E-state index in [1.54, 1.807) is 30.8 Å². The first-order chi connectivity index (χ1) is 9.11. The summed E-state index contributed by atoms with van der Waals surface area (Å²) in [5, 5.41) is 10.0. The Labute approximate surface area is 122 Å². The predicted octanol–water partition coefficient (Wildman–Crippen LogP) is 4.91. The van der Waals surface area contributed by atoms with Gasteiger partial charge in [-0.3, -0.25) is 0 Å². The second-order valence-electron chi connectivity index (χ2n) is 4.12. The molecule has 0 aliphatic carbocycles. The van der Waals surface area contributed by atoms with Crippen molar-refractivity contribution in [3.05, 3.63) is 53.1 Å². The minimum absolute atomic E-state index is 0.495. The van der Waals surface area contributed by atoms with E-state index in [1.807, 2.05) is 36.6 Å². The lowest BCUT2D eigenvalue weighted by Gasteiger charge is -2.12. The molecule has 4 heteroatoms.